The van der Waals surface area contributed by atoms with Crippen molar-refractivity contribution >= 4 is 29.3 Å². The number of carbonyl (C=O) groups is 1. The molecule has 6 heteroatoms. The number of rotatable bonds is 6. The van der Waals surface area contributed by atoms with E-state index in [1.807, 2.05) is 13.2 Å². The Balaban J connectivity index is 2.60. The Hall–Kier alpha value is -0.780. The number of aliphatic hydroxyl groups is 1. The lowest BCUT2D eigenvalue weighted by molar-refractivity contribution is -0.121. The molecule has 0 aliphatic heterocycles. The van der Waals surface area contributed by atoms with Crippen molar-refractivity contribution in [1.82, 2.24) is 5.32 Å². The topological polar surface area (TPSA) is 49.3 Å². The highest BCUT2D eigenvalue weighted by molar-refractivity contribution is 7.99. The van der Waals surface area contributed by atoms with Crippen LogP contribution in [0.4, 0.5) is 4.39 Å². The number of amides is 1. The molecule has 0 bridgehead atoms. The SMILES string of the molecule is CSC(CO)C(C)NC(=O)Cc1ccc(F)cc1Cl. The summed E-state index contributed by atoms with van der Waals surface area (Å²) in [6.45, 7) is 1.83. The molecule has 1 aromatic carbocycles. The molecule has 2 N–H and O–H groups in total. The molecule has 1 aromatic rings. The summed E-state index contributed by atoms with van der Waals surface area (Å²) >= 11 is 7.35. The van der Waals surface area contributed by atoms with E-state index in [-0.39, 0.29) is 35.2 Å². The molecule has 0 spiro atoms. The quantitative estimate of drug-likeness (QED) is 0.847. The second kappa shape index (κ2) is 7.72. The highest BCUT2D eigenvalue weighted by atomic mass is 35.5. The largest absolute Gasteiger partial charge is 0.395 e. The molecule has 2 unspecified atom stereocenters. The average molecular weight is 306 g/mol. The van der Waals surface area contributed by atoms with Crippen molar-refractivity contribution < 1.29 is 14.3 Å². The van der Waals surface area contributed by atoms with Crippen LogP contribution in [-0.2, 0) is 11.2 Å². The van der Waals surface area contributed by atoms with Gasteiger partial charge < -0.3 is 10.4 Å². The summed E-state index contributed by atoms with van der Waals surface area (Å²) in [6, 6.07) is 3.81. The van der Waals surface area contributed by atoms with Crippen molar-refractivity contribution in [3.63, 3.8) is 0 Å². The summed E-state index contributed by atoms with van der Waals surface area (Å²) in [6.07, 6.45) is 1.97. The van der Waals surface area contributed by atoms with Crippen LogP contribution in [0.25, 0.3) is 0 Å². The zero-order valence-corrected chi connectivity index (χ0v) is 12.4. The van der Waals surface area contributed by atoms with E-state index in [1.54, 1.807) is 0 Å². The molecular formula is C13H17ClFNO2S. The number of thioether (sulfide) groups is 1. The van der Waals surface area contributed by atoms with Gasteiger partial charge in [0.05, 0.1) is 13.0 Å². The molecule has 3 nitrogen and oxygen atoms in total. The number of hydrogen-bond donors (Lipinski definition) is 2. The molecule has 0 saturated carbocycles. The lowest BCUT2D eigenvalue weighted by Crippen LogP contribution is -2.41. The van der Waals surface area contributed by atoms with E-state index in [1.165, 1.54) is 30.0 Å². The number of aliphatic hydroxyl groups excluding tert-OH is 1. The average Bonchev–Trinajstić information content (AvgIpc) is 2.34. The lowest BCUT2D eigenvalue weighted by atomic mass is 10.1. The van der Waals surface area contributed by atoms with Gasteiger partial charge in [0.1, 0.15) is 5.82 Å². The van der Waals surface area contributed by atoms with Gasteiger partial charge >= 0.3 is 0 Å². The number of hydrogen-bond acceptors (Lipinski definition) is 3. The van der Waals surface area contributed by atoms with E-state index in [0.29, 0.717) is 5.56 Å². The van der Waals surface area contributed by atoms with Gasteiger partial charge in [0.2, 0.25) is 5.91 Å². The third kappa shape index (κ3) is 5.01. The second-order valence-corrected chi connectivity index (χ2v) is 5.71. The van der Waals surface area contributed by atoms with Gasteiger partial charge in [-0.15, -0.1) is 0 Å². The fourth-order valence-corrected chi connectivity index (χ4v) is 2.53. The second-order valence-electron chi connectivity index (χ2n) is 4.23. The van der Waals surface area contributed by atoms with Crippen LogP contribution in [0.1, 0.15) is 12.5 Å². The van der Waals surface area contributed by atoms with Crippen molar-refractivity contribution in [1.29, 1.82) is 0 Å². The van der Waals surface area contributed by atoms with Gasteiger partial charge in [0.25, 0.3) is 0 Å². The molecule has 0 saturated heterocycles. The van der Waals surface area contributed by atoms with Gasteiger partial charge in [0, 0.05) is 16.3 Å². The Morgan fingerprint density at radius 1 is 1.58 bits per heavy atom. The monoisotopic (exact) mass is 305 g/mol. The Labute approximate surface area is 121 Å². The fourth-order valence-electron chi connectivity index (χ4n) is 1.67. The first kappa shape index (κ1) is 16.3. The number of halogens is 2. The molecule has 0 fully saturated rings. The summed E-state index contributed by atoms with van der Waals surface area (Å²) in [4.78, 5) is 11.8. The summed E-state index contributed by atoms with van der Waals surface area (Å²) in [5, 5.41) is 12.1. The Morgan fingerprint density at radius 2 is 2.26 bits per heavy atom. The molecule has 1 rings (SSSR count). The van der Waals surface area contributed by atoms with Crippen molar-refractivity contribution in [3.8, 4) is 0 Å². The van der Waals surface area contributed by atoms with Crippen LogP contribution in [0.5, 0.6) is 0 Å². The van der Waals surface area contributed by atoms with E-state index in [2.05, 4.69) is 5.32 Å². The first-order valence-electron chi connectivity index (χ1n) is 5.85. The maximum absolute atomic E-state index is 12.9. The highest BCUT2D eigenvalue weighted by Crippen LogP contribution is 2.18. The van der Waals surface area contributed by atoms with E-state index in [9.17, 15) is 9.18 Å². The molecule has 19 heavy (non-hydrogen) atoms. The van der Waals surface area contributed by atoms with Gasteiger partial charge in [0.15, 0.2) is 0 Å². The van der Waals surface area contributed by atoms with Crippen LogP contribution in [0.3, 0.4) is 0 Å². The van der Waals surface area contributed by atoms with Crippen LogP contribution in [0, 0.1) is 5.82 Å². The molecule has 0 aliphatic rings. The number of nitrogens with one attached hydrogen (secondary N) is 1. The molecule has 1 amide bonds. The molecular weight excluding hydrogens is 289 g/mol. The third-order valence-electron chi connectivity index (χ3n) is 2.80. The first-order valence-corrected chi connectivity index (χ1v) is 7.51. The maximum Gasteiger partial charge on any atom is 0.224 e. The Morgan fingerprint density at radius 3 is 2.79 bits per heavy atom. The zero-order chi connectivity index (χ0) is 14.4. The van der Waals surface area contributed by atoms with Crippen LogP contribution in [0.2, 0.25) is 5.02 Å². The minimum absolute atomic E-state index is 0.0000816. The maximum atomic E-state index is 12.9. The van der Waals surface area contributed by atoms with Crippen LogP contribution < -0.4 is 5.32 Å². The third-order valence-corrected chi connectivity index (χ3v) is 4.31. The van der Waals surface area contributed by atoms with Crippen molar-refractivity contribution in [2.45, 2.75) is 24.6 Å². The van der Waals surface area contributed by atoms with Gasteiger partial charge in [-0.2, -0.15) is 11.8 Å². The number of carbonyl (C=O) groups excluding carboxylic acids is 1. The minimum Gasteiger partial charge on any atom is -0.395 e. The molecule has 106 valence electrons. The Kier molecular flexibility index (Phi) is 6.62. The fraction of sp³-hybridized carbons (Fsp3) is 0.462. The standard InChI is InChI=1S/C13H17ClFNO2S/c1-8(12(7-17)19-2)16-13(18)5-9-3-4-10(15)6-11(9)14/h3-4,6,8,12,17H,5,7H2,1-2H3,(H,16,18). The Bertz CT molecular complexity index is 441. The molecule has 0 aromatic heterocycles. The molecule has 2 atom stereocenters. The normalized spacial score (nSPS) is 13.9. The van der Waals surface area contributed by atoms with Crippen LogP contribution in [0.15, 0.2) is 18.2 Å². The van der Waals surface area contributed by atoms with E-state index in [4.69, 9.17) is 16.7 Å². The van der Waals surface area contributed by atoms with E-state index < -0.39 is 5.82 Å². The molecule has 0 aliphatic carbocycles. The molecule has 0 radical (unpaired) electrons. The smallest absolute Gasteiger partial charge is 0.224 e. The summed E-state index contributed by atoms with van der Waals surface area (Å²) in [5.41, 5.74) is 0.581. The van der Waals surface area contributed by atoms with E-state index >= 15 is 0 Å². The summed E-state index contributed by atoms with van der Waals surface area (Å²) in [5.74, 6) is -0.626. The van der Waals surface area contributed by atoms with Crippen LogP contribution in [-0.4, -0.2) is 35.2 Å². The van der Waals surface area contributed by atoms with Crippen LogP contribution >= 0.6 is 23.4 Å². The minimum atomic E-state index is -0.426. The summed E-state index contributed by atoms with van der Waals surface area (Å²) < 4.78 is 12.9. The van der Waals surface area contributed by atoms with Crippen molar-refractivity contribution in [2.75, 3.05) is 12.9 Å². The predicted octanol–water partition coefficient (Wildman–Crippen LogP) is 2.25. The zero-order valence-electron chi connectivity index (χ0n) is 10.8. The van der Waals surface area contributed by atoms with Crippen molar-refractivity contribution in [3.05, 3.63) is 34.6 Å². The lowest BCUT2D eigenvalue weighted by Gasteiger charge is -2.21. The van der Waals surface area contributed by atoms with E-state index in [0.717, 1.165) is 0 Å². The van der Waals surface area contributed by atoms with Gasteiger partial charge in [-0.1, -0.05) is 17.7 Å². The number of benzene rings is 1. The van der Waals surface area contributed by atoms with Gasteiger partial charge in [-0.25, -0.2) is 4.39 Å². The van der Waals surface area contributed by atoms with Gasteiger partial charge in [-0.05, 0) is 30.9 Å². The summed E-state index contributed by atoms with van der Waals surface area (Å²) in [7, 11) is 0. The highest BCUT2D eigenvalue weighted by Gasteiger charge is 2.18. The van der Waals surface area contributed by atoms with Gasteiger partial charge in [-0.3, -0.25) is 4.79 Å². The predicted molar refractivity (Wildman–Crippen MR) is 77.1 cm³/mol. The van der Waals surface area contributed by atoms with Crippen molar-refractivity contribution in [2.24, 2.45) is 0 Å². The molecule has 0 heterocycles. The first-order chi connectivity index (χ1) is 8.97.